The van der Waals surface area contributed by atoms with E-state index in [2.05, 4.69) is 4.98 Å². The van der Waals surface area contributed by atoms with Gasteiger partial charge in [0, 0.05) is 25.5 Å². The summed E-state index contributed by atoms with van der Waals surface area (Å²) < 4.78 is 5.80. The first-order valence-corrected chi connectivity index (χ1v) is 8.51. The maximum absolute atomic E-state index is 12.9. The Morgan fingerprint density at radius 1 is 1.29 bits per heavy atom. The van der Waals surface area contributed by atoms with Crippen LogP contribution in [-0.4, -0.2) is 65.2 Å². The van der Waals surface area contributed by atoms with Crippen LogP contribution in [0.3, 0.4) is 0 Å². The van der Waals surface area contributed by atoms with Crippen molar-refractivity contribution in [2.45, 2.75) is 31.4 Å². The summed E-state index contributed by atoms with van der Waals surface area (Å²) in [7, 11) is 0. The van der Waals surface area contributed by atoms with Gasteiger partial charge >= 0.3 is 0 Å². The van der Waals surface area contributed by atoms with Crippen LogP contribution in [0.15, 0.2) is 24.5 Å². The molecule has 2 amide bonds. The molecule has 3 aliphatic rings. The van der Waals surface area contributed by atoms with Crippen molar-refractivity contribution in [2.24, 2.45) is 5.92 Å². The van der Waals surface area contributed by atoms with Gasteiger partial charge < -0.3 is 9.64 Å². The number of carbonyl (C=O) groups is 2. The molecule has 1 aromatic rings. The predicted octanol–water partition coefficient (Wildman–Crippen LogP) is 0.865. The van der Waals surface area contributed by atoms with Crippen molar-refractivity contribution in [1.82, 2.24) is 14.9 Å². The zero-order chi connectivity index (χ0) is 16.5. The largest absolute Gasteiger partial charge is 0.376 e. The smallest absolute Gasteiger partial charge is 0.255 e. The summed E-state index contributed by atoms with van der Waals surface area (Å²) in [6.07, 6.45) is 5.47. The molecule has 7 heteroatoms. The fourth-order valence-corrected chi connectivity index (χ4v) is 3.84. The number of ether oxygens (including phenoxy) is 1. The summed E-state index contributed by atoms with van der Waals surface area (Å²) in [4.78, 5) is 36.8. The molecule has 0 N–H and O–H groups in total. The number of aromatic nitrogens is 1. The molecule has 3 fully saturated rings. The molecule has 7 nitrogen and oxygen atoms in total. The third-order valence-corrected chi connectivity index (χ3v) is 5.03. The summed E-state index contributed by atoms with van der Waals surface area (Å²) in [6.45, 7) is 2.25. The van der Waals surface area contributed by atoms with Gasteiger partial charge in [-0.1, -0.05) is 0 Å². The van der Waals surface area contributed by atoms with Crippen LogP contribution in [0, 0.1) is 5.92 Å². The van der Waals surface area contributed by atoms with E-state index in [9.17, 15) is 9.59 Å². The Hall–Kier alpha value is -1.99. The van der Waals surface area contributed by atoms with Gasteiger partial charge in [-0.2, -0.15) is 0 Å². The molecule has 0 bridgehead atoms. The molecule has 0 aromatic carbocycles. The average molecular weight is 331 g/mol. The first-order chi connectivity index (χ1) is 11.7. The van der Waals surface area contributed by atoms with Gasteiger partial charge in [0.2, 0.25) is 0 Å². The van der Waals surface area contributed by atoms with Crippen LogP contribution in [0.1, 0.15) is 29.6 Å². The highest BCUT2D eigenvalue weighted by atomic mass is 16.7. The molecule has 4 rings (SSSR count). The minimum absolute atomic E-state index is 0.0366. The Bertz CT molecular complexity index is 618. The number of carbonyl (C=O) groups excluding carboxylic acids is 2. The molecule has 24 heavy (non-hydrogen) atoms. The van der Waals surface area contributed by atoms with Crippen molar-refractivity contribution >= 4 is 11.8 Å². The van der Waals surface area contributed by atoms with E-state index < -0.39 is 0 Å². The van der Waals surface area contributed by atoms with Crippen LogP contribution in [0.4, 0.5) is 0 Å². The summed E-state index contributed by atoms with van der Waals surface area (Å²) >= 11 is 0. The third kappa shape index (κ3) is 2.78. The molecular formula is C17H21N3O4. The van der Waals surface area contributed by atoms with Crippen LogP contribution in [-0.2, 0) is 14.4 Å². The Morgan fingerprint density at radius 3 is 2.96 bits per heavy atom. The maximum Gasteiger partial charge on any atom is 0.255 e. The SMILES string of the molecule is O=C([C@@H]1C[C@@H]2OCC[C@@H]2N(C(=O)c2cccnc2)C1)N1CCCO1. The van der Waals surface area contributed by atoms with Crippen molar-refractivity contribution in [1.29, 1.82) is 0 Å². The van der Waals surface area contributed by atoms with E-state index in [0.29, 0.717) is 38.3 Å². The standard InChI is InChI=1S/C17H21N3O4/c21-16(12-3-1-5-18-10-12)19-11-13(9-15-14(19)4-8-23-15)17(22)20-6-2-7-24-20/h1,3,5,10,13-15H,2,4,6-9,11H2/t13-,14+,15+/m1/s1. The third-order valence-electron chi connectivity index (χ3n) is 5.03. The lowest BCUT2D eigenvalue weighted by molar-refractivity contribution is -0.176. The van der Waals surface area contributed by atoms with E-state index in [0.717, 1.165) is 12.8 Å². The van der Waals surface area contributed by atoms with Gasteiger partial charge in [-0.25, -0.2) is 5.06 Å². The van der Waals surface area contributed by atoms with Gasteiger partial charge in [-0.05, 0) is 31.4 Å². The lowest BCUT2D eigenvalue weighted by Crippen LogP contribution is -2.55. The maximum atomic E-state index is 12.9. The van der Waals surface area contributed by atoms with E-state index >= 15 is 0 Å². The second kappa shape index (κ2) is 6.49. The number of likely N-dealkylation sites (tertiary alicyclic amines) is 1. The molecule has 3 aliphatic heterocycles. The Labute approximate surface area is 140 Å². The van der Waals surface area contributed by atoms with Crippen LogP contribution in [0.2, 0.25) is 0 Å². The summed E-state index contributed by atoms with van der Waals surface area (Å²) in [5, 5.41) is 1.45. The van der Waals surface area contributed by atoms with Crippen molar-refractivity contribution in [2.75, 3.05) is 26.3 Å². The number of fused-ring (bicyclic) bond motifs is 1. The highest BCUT2D eigenvalue weighted by Crippen LogP contribution is 2.33. The molecule has 0 saturated carbocycles. The van der Waals surface area contributed by atoms with Crippen LogP contribution in [0.25, 0.3) is 0 Å². The molecule has 0 spiro atoms. The topological polar surface area (TPSA) is 72.0 Å². The number of hydroxylamine groups is 2. The fourth-order valence-electron chi connectivity index (χ4n) is 3.84. The molecule has 0 aliphatic carbocycles. The Morgan fingerprint density at radius 2 is 2.21 bits per heavy atom. The first kappa shape index (κ1) is 15.5. The van der Waals surface area contributed by atoms with Crippen molar-refractivity contribution < 1.29 is 19.2 Å². The van der Waals surface area contributed by atoms with Crippen LogP contribution < -0.4 is 0 Å². The van der Waals surface area contributed by atoms with Crippen molar-refractivity contribution in [3.63, 3.8) is 0 Å². The van der Waals surface area contributed by atoms with Gasteiger partial charge in [0.1, 0.15) is 0 Å². The normalized spacial score (nSPS) is 29.6. The summed E-state index contributed by atoms with van der Waals surface area (Å²) in [6, 6.07) is 3.55. The van der Waals surface area contributed by atoms with Crippen molar-refractivity contribution in [3.05, 3.63) is 30.1 Å². The summed E-state index contributed by atoms with van der Waals surface area (Å²) in [5.74, 6) is -0.392. The van der Waals surface area contributed by atoms with Gasteiger partial charge in [0.15, 0.2) is 0 Å². The number of hydrogen-bond acceptors (Lipinski definition) is 5. The number of rotatable bonds is 2. The number of amides is 2. The van der Waals surface area contributed by atoms with Gasteiger partial charge in [-0.15, -0.1) is 0 Å². The lowest BCUT2D eigenvalue weighted by Gasteiger charge is -2.40. The molecule has 1 aromatic heterocycles. The zero-order valence-corrected chi connectivity index (χ0v) is 13.5. The van der Waals surface area contributed by atoms with E-state index in [1.807, 2.05) is 0 Å². The summed E-state index contributed by atoms with van der Waals surface area (Å²) in [5.41, 5.74) is 0.550. The molecule has 0 unspecified atom stereocenters. The van der Waals surface area contributed by atoms with Gasteiger partial charge in [0.25, 0.3) is 11.8 Å². The zero-order valence-electron chi connectivity index (χ0n) is 13.5. The molecule has 4 heterocycles. The average Bonchev–Trinajstić information content (AvgIpc) is 3.31. The second-order valence-corrected chi connectivity index (χ2v) is 6.52. The number of piperidine rings is 1. The predicted molar refractivity (Wildman–Crippen MR) is 83.8 cm³/mol. The molecule has 3 atom stereocenters. The monoisotopic (exact) mass is 331 g/mol. The lowest BCUT2D eigenvalue weighted by atomic mass is 9.89. The van der Waals surface area contributed by atoms with E-state index in [4.69, 9.17) is 9.57 Å². The molecular weight excluding hydrogens is 310 g/mol. The minimum atomic E-state index is -0.275. The number of nitrogens with zero attached hydrogens (tertiary/aromatic N) is 3. The quantitative estimate of drug-likeness (QED) is 0.804. The number of pyridine rings is 1. The van der Waals surface area contributed by atoms with E-state index in [1.165, 1.54) is 5.06 Å². The minimum Gasteiger partial charge on any atom is -0.376 e. The van der Waals surface area contributed by atoms with Crippen molar-refractivity contribution in [3.8, 4) is 0 Å². The second-order valence-electron chi connectivity index (χ2n) is 6.52. The first-order valence-electron chi connectivity index (χ1n) is 8.51. The van der Waals surface area contributed by atoms with E-state index in [-0.39, 0.29) is 29.9 Å². The van der Waals surface area contributed by atoms with E-state index in [1.54, 1.807) is 29.4 Å². The highest BCUT2D eigenvalue weighted by Gasteiger charge is 2.45. The Balaban J connectivity index is 1.55. The van der Waals surface area contributed by atoms with Gasteiger partial charge in [-0.3, -0.25) is 19.4 Å². The van der Waals surface area contributed by atoms with Crippen LogP contribution in [0.5, 0.6) is 0 Å². The molecule has 3 saturated heterocycles. The van der Waals surface area contributed by atoms with Crippen LogP contribution >= 0.6 is 0 Å². The Kier molecular flexibility index (Phi) is 4.20. The van der Waals surface area contributed by atoms with Gasteiger partial charge in [0.05, 0.1) is 36.8 Å². The molecule has 128 valence electrons. The molecule has 0 radical (unpaired) electrons. The fraction of sp³-hybridized carbons (Fsp3) is 0.588. The highest BCUT2D eigenvalue weighted by molar-refractivity contribution is 5.94. The number of hydrogen-bond donors (Lipinski definition) is 0.